The van der Waals surface area contributed by atoms with E-state index in [1.807, 2.05) is 7.05 Å². The van der Waals surface area contributed by atoms with Crippen molar-refractivity contribution in [3.8, 4) is 0 Å². The minimum Gasteiger partial charge on any atom is -0.432 e. The second kappa shape index (κ2) is 7.64. The molecule has 0 spiro atoms. The van der Waals surface area contributed by atoms with Gasteiger partial charge in [-0.05, 0) is 19.4 Å². The number of morpholine rings is 1. The largest absolute Gasteiger partial charge is 0.432 e. The summed E-state index contributed by atoms with van der Waals surface area (Å²) in [7, 11) is 1.87. The van der Waals surface area contributed by atoms with E-state index in [0.717, 1.165) is 68.1 Å². The fourth-order valence-electron chi connectivity index (χ4n) is 4.30. The molecule has 0 bridgehead atoms. The number of fused-ring (bicyclic) bond motifs is 5. The topological polar surface area (TPSA) is 97.6 Å². The number of hydrogen-bond donors (Lipinski definition) is 2. The summed E-state index contributed by atoms with van der Waals surface area (Å²) in [6, 6.07) is 0. The maximum Gasteiger partial charge on any atom is 0.231 e. The number of nitrogens with zero attached hydrogens (tertiary/aromatic N) is 4. The number of nitrogens with one attached hydrogen (secondary N) is 2. The SMILES string of the molecule is CNc1nc2oc3c(NCCN4CCOCC4)ncnc3c2c2c1COC(C)(C)C2. The van der Waals surface area contributed by atoms with Gasteiger partial charge in [0.2, 0.25) is 5.71 Å². The number of pyridine rings is 1. The molecule has 2 aliphatic heterocycles. The Bertz CT molecular complexity index is 1070. The molecule has 1 saturated heterocycles. The lowest BCUT2D eigenvalue weighted by atomic mass is 9.90. The van der Waals surface area contributed by atoms with E-state index in [-0.39, 0.29) is 5.60 Å². The van der Waals surface area contributed by atoms with Gasteiger partial charge in [-0.25, -0.2) is 9.97 Å². The van der Waals surface area contributed by atoms with E-state index in [9.17, 15) is 0 Å². The molecule has 0 unspecified atom stereocenters. The molecular formula is C21H28N6O3. The van der Waals surface area contributed by atoms with Crippen LogP contribution >= 0.6 is 0 Å². The molecule has 1 fully saturated rings. The monoisotopic (exact) mass is 412 g/mol. The summed E-state index contributed by atoms with van der Waals surface area (Å²) in [6.45, 7) is 9.96. The molecule has 0 aromatic carbocycles. The third-order valence-corrected chi connectivity index (χ3v) is 5.89. The number of aromatic nitrogens is 3. The second-order valence-electron chi connectivity index (χ2n) is 8.46. The Balaban J connectivity index is 1.52. The Morgan fingerprint density at radius 3 is 2.77 bits per heavy atom. The Labute approximate surface area is 175 Å². The molecule has 9 heteroatoms. The molecule has 0 saturated carbocycles. The average Bonchev–Trinajstić information content (AvgIpc) is 3.13. The van der Waals surface area contributed by atoms with Gasteiger partial charge in [0.25, 0.3) is 0 Å². The molecule has 0 atom stereocenters. The molecule has 5 rings (SSSR count). The third kappa shape index (κ3) is 3.46. The fraction of sp³-hybridized carbons (Fsp3) is 0.571. The van der Waals surface area contributed by atoms with Gasteiger partial charge < -0.3 is 24.5 Å². The highest BCUT2D eigenvalue weighted by Crippen LogP contribution is 2.40. The van der Waals surface area contributed by atoms with Gasteiger partial charge in [-0.1, -0.05) is 0 Å². The van der Waals surface area contributed by atoms with Crippen molar-refractivity contribution in [2.75, 3.05) is 57.1 Å². The quantitative estimate of drug-likeness (QED) is 0.655. The first kappa shape index (κ1) is 19.5. The van der Waals surface area contributed by atoms with E-state index < -0.39 is 0 Å². The van der Waals surface area contributed by atoms with Gasteiger partial charge in [0.05, 0.1) is 30.8 Å². The van der Waals surface area contributed by atoms with Crippen LogP contribution in [0, 0.1) is 0 Å². The number of anilines is 2. The predicted molar refractivity (Wildman–Crippen MR) is 115 cm³/mol. The first-order valence-electron chi connectivity index (χ1n) is 10.5. The number of ether oxygens (including phenoxy) is 2. The maximum absolute atomic E-state index is 6.19. The number of hydrogen-bond acceptors (Lipinski definition) is 9. The van der Waals surface area contributed by atoms with E-state index in [2.05, 4.69) is 39.3 Å². The van der Waals surface area contributed by atoms with Crippen LogP contribution in [-0.4, -0.2) is 71.9 Å². The van der Waals surface area contributed by atoms with Crippen molar-refractivity contribution in [2.24, 2.45) is 0 Å². The van der Waals surface area contributed by atoms with Crippen LogP contribution < -0.4 is 10.6 Å². The van der Waals surface area contributed by atoms with Crippen LogP contribution in [0.25, 0.3) is 22.2 Å². The fourth-order valence-corrected chi connectivity index (χ4v) is 4.30. The molecule has 2 aliphatic rings. The highest BCUT2D eigenvalue weighted by Gasteiger charge is 2.32. The molecule has 0 radical (unpaired) electrons. The minimum absolute atomic E-state index is 0.248. The van der Waals surface area contributed by atoms with E-state index in [0.29, 0.717) is 23.7 Å². The van der Waals surface area contributed by atoms with Gasteiger partial charge in [-0.15, -0.1) is 0 Å². The lowest BCUT2D eigenvalue weighted by Crippen LogP contribution is -2.39. The van der Waals surface area contributed by atoms with Crippen LogP contribution in [0.1, 0.15) is 25.0 Å². The summed E-state index contributed by atoms with van der Waals surface area (Å²) in [4.78, 5) is 16.1. The summed E-state index contributed by atoms with van der Waals surface area (Å²) in [5, 5.41) is 7.58. The van der Waals surface area contributed by atoms with Crippen molar-refractivity contribution in [2.45, 2.75) is 32.5 Å². The zero-order valence-electron chi connectivity index (χ0n) is 17.7. The summed E-state index contributed by atoms with van der Waals surface area (Å²) < 4.78 is 17.6. The zero-order chi connectivity index (χ0) is 20.7. The summed E-state index contributed by atoms with van der Waals surface area (Å²) >= 11 is 0. The van der Waals surface area contributed by atoms with Crippen molar-refractivity contribution in [1.82, 2.24) is 19.9 Å². The van der Waals surface area contributed by atoms with Gasteiger partial charge in [0, 0.05) is 45.2 Å². The molecule has 3 aromatic rings. The molecule has 5 heterocycles. The Kier molecular flexibility index (Phi) is 4.96. The van der Waals surface area contributed by atoms with Gasteiger partial charge in [0.15, 0.2) is 11.4 Å². The molecule has 0 amide bonds. The Hall–Kier alpha value is -2.49. The number of furan rings is 1. The summed E-state index contributed by atoms with van der Waals surface area (Å²) in [5.74, 6) is 1.50. The maximum atomic E-state index is 6.19. The Morgan fingerprint density at radius 2 is 1.97 bits per heavy atom. The smallest absolute Gasteiger partial charge is 0.231 e. The Morgan fingerprint density at radius 1 is 1.13 bits per heavy atom. The normalized spacial score (nSPS) is 19.2. The molecule has 3 aromatic heterocycles. The van der Waals surface area contributed by atoms with Crippen molar-refractivity contribution >= 4 is 33.8 Å². The highest BCUT2D eigenvalue weighted by molar-refractivity contribution is 6.07. The van der Waals surface area contributed by atoms with Gasteiger partial charge in [-0.3, -0.25) is 4.90 Å². The molecule has 9 nitrogen and oxygen atoms in total. The highest BCUT2D eigenvalue weighted by atomic mass is 16.5. The summed E-state index contributed by atoms with van der Waals surface area (Å²) in [6.07, 6.45) is 2.37. The van der Waals surface area contributed by atoms with E-state index >= 15 is 0 Å². The van der Waals surface area contributed by atoms with Crippen molar-refractivity contribution in [1.29, 1.82) is 0 Å². The van der Waals surface area contributed by atoms with Crippen molar-refractivity contribution in [3.63, 3.8) is 0 Å². The molecular weight excluding hydrogens is 384 g/mol. The van der Waals surface area contributed by atoms with Gasteiger partial charge >= 0.3 is 0 Å². The van der Waals surface area contributed by atoms with Crippen molar-refractivity contribution < 1.29 is 13.9 Å². The van der Waals surface area contributed by atoms with Gasteiger partial charge in [-0.2, -0.15) is 4.98 Å². The summed E-state index contributed by atoms with van der Waals surface area (Å²) in [5.41, 5.74) is 4.06. The standard InChI is InChI=1S/C21H28N6O3/c1-21(2)10-13-14(11-29-21)18(22-3)26-20-15(13)16-17(30-20)19(25-12-24-16)23-4-5-27-6-8-28-9-7-27/h12H,4-11H2,1-3H3,(H,22,26)(H,23,24,25). The average molecular weight is 412 g/mol. The van der Waals surface area contributed by atoms with Gasteiger partial charge in [0.1, 0.15) is 17.7 Å². The van der Waals surface area contributed by atoms with E-state index in [1.165, 1.54) is 5.56 Å². The zero-order valence-corrected chi connectivity index (χ0v) is 17.7. The molecule has 0 aliphatic carbocycles. The molecule has 30 heavy (non-hydrogen) atoms. The lowest BCUT2D eigenvalue weighted by molar-refractivity contribution is -0.0394. The van der Waals surface area contributed by atoms with Crippen LogP contribution in [0.4, 0.5) is 11.6 Å². The van der Waals surface area contributed by atoms with Crippen LogP contribution in [0.3, 0.4) is 0 Å². The predicted octanol–water partition coefficient (Wildman–Crippen LogP) is 2.41. The number of rotatable bonds is 5. The molecule has 160 valence electrons. The first-order valence-corrected chi connectivity index (χ1v) is 10.5. The van der Waals surface area contributed by atoms with Crippen molar-refractivity contribution in [3.05, 3.63) is 17.5 Å². The van der Waals surface area contributed by atoms with E-state index in [4.69, 9.17) is 18.9 Å². The molecule has 2 N–H and O–H groups in total. The van der Waals surface area contributed by atoms with Crippen LogP contribution in [-0.2, 0) is 22.5 Å². The lowest BCUT2D eigenvalue weighted by Gasteiger charge is -2.32. The van der Waals surface area contributed by atoms with Crippen LogP contribution in [0.15, 0.2) is 10.7 Å². The second-order valence-corrected chi connectivity index (χ2v) is 8.46. The first-order chi connectivity index (χ1) is 14.6. The van der Waals surface area contributed by atoms with E-state index in [1.54, 1.807) is 6.33 Å². The van der Waals surface area contributed by atoms with Crippen LogP contribution in [0.2, 0.25) is 0 Å². The van der Waals surface area contributed by atoms with Crippen LogP contribution in [0.5, 0.6) is 0 Å². The third-order valence-electron chi connectivity index (χ3n) is 5.89. The minimum atomic E-state index is -0.248.